The summed E-state index contributed by atoms with van der Waals surface area (Å²) in [4.78, 5) is 35.0. The summed E-state index contributed by atoms with van der Waals surface area (Å²) in [5, 5.41) is 7.48. The number of carbonyl (C=O) groups is 2. The lowest BCUT2D eigenvalue weighted by molar-refractivity contribution is -0.274. The van der Waals surface area contributed by atoms with Gasteiger partial charge in [-0.1, -0.05) is 61.2 Å². The van der Waals surface area contributed by atoms with Crippen LogP contribution in [0.3, 0.4) is 0 Å². The Kier molecular flexibility index (Phi) is 8.06. The molecule has 0 spiro atoms. The minimum Gasteiger partial charge on any atom is -0.406 e. The molecule has 0 aliphatic carbocycles. The first-order valence-electron chi connectivity index (χ1n) is 12.5. The summed E-state index contributed by atoms with van der Waals surface area (Å²) in [5.41, 5.74) is 3.76. The van der Waals surface area contributed by atoms with Gasteiger partial charge in [-0.05, 0) is 47.9 Å². The summed E-state index contributed by atoms with van der Waals surface area (Å²) < 4.78 is 42.4. The Labute approximate surface area is 237 Å². The van der Waals surface area contributed by atoms with E-state index in [-0.39, 0.29) is 24.0 Å². The molecule has 0 unspecified atom stereocenters. The van der Waals surface area contributed by atoms with Gasteiger partial charge in [0.2, 0.25) is 5.91 Å². The lowest BCUT2D eigenvalue weighted by Crippen LogP contribution is -2.32. The molecule has 3 amide bonds. The predicted octanol–water partition coefficient (Wildman–Crippen LogP) is 5.74. The van der Waals surface area contributed by atoms with Gasteiger partial charge in [-0.2, -0.15) is 4.99 Å². The Hall–Kier alpha value is -4.65. The van der Waals surface area contributed by atoms with Gasteiger partial charge in [0.15, 0.2) is 11.0 Å². The third kappa shape index (κ3) is 6.74. The molecule has 2 heterocycles. The third-order valence-corrected chi connectivity index (χ3v) is 6.98. The zero-order valence-electron chi connectivity index (χ0n) is 21.6. The molecule has 9 nitrogen and oxygen atoms in total. The van der Waals surface area contributed by atoms with E-state index in [0.29, 0.717) is 22.2 Å². The normalized spacial score (nSPS) is 14.5. The Bertz CT molecular complexity index is 1590. The molecule has 0 saturated carbocycles. The standard InChI is InChI=1S/C28H23F3N6O3S/c1-2-19-5-3-4-6-23(19)37-24(38)16-41-27(37)34-26(39)32-15-18-7-9-20(10-8-18)25-33-17-36(35-25)21-11-13-22(14-12-21)40-28(29,30)31/h3-14,17H,2,15-16H2,1H3,(H,32,39). The SMILES string of the molecule is CCc1ccccc1N1C(=O)CSC1=NC(=O)NCc1ccc(-c2ncn(-c3ccc(OC(F)(F)F)cc3)n2)cc1. The van der Waals surface area contributed by atoms with Gasteiger partial charge < -0.3 is 10.1 Å². The largest absolute Gasteiger partial charge is 0.573 e. The van der Waals surface area contributed by atoms with Crippen molar-refractivity contribution in [2.24, 2.45) is 4.99 Å². The van der Waals surface area contributed by atoms with E-state index in [0.717, 1.165) is 23.2 Å². The van der Waals surface area contributed by atoms with E-state index < -0.39 is 12.4 Å². The van der Waals surface area contributed by atoms with E-state index in [4.69, 9.17) is 0 Å². The summed E-state index contributed by atoms with van der Waals surface area (Å²) in [7, 11) is 0. The highest BCUT2D eigenvalue weighted by Crippen LogP contribution is 2.30. The molecule has 3 aromatic carbocycles. The average Bonchev–Trinajstić information content (AvgIpc) is 3.59. The van der Waals surface area contributed by atoms with Gasteiger partial charge in [0, 0.05) is 12.1 Å². The number of anilines is 1. The van der Waals surface area contributed by atoms with Crippen LogP contribution in [0.4, 0.5) is 23.7 Å². The van der Waals surface area contributed by atoms with Crippen molar-refractivity contribution in [2.75, 3.05) is 10.7 Å². The summed E-state index contributed by atoms with van der Waals surface area (Å²) in [6.45, 7) is 2.22. The number of ether oxygens (including phenoxy) is 1. The van der Waals surface area contributed by atoms with Gasteiger partial charge in [0.05, 0.1) is 17.1 Å². The van der Waals surface area contributed by atoms with E-state index in [1.807, 2.05) is 43.3 Å². The van der Waals surface area contributed by atoms with Gasteiger partial charge in [-0.25, -0.2) is 14.5 Å². The summed E-state index contributed by atoms with van der Waals surface area (Å²) in [6.07, 6.45) is -2.57. The molecule has 210 valence electrons. The Morgan fingerprint density at radius 1 is 1.07 bits per heavy atom. The molecule has 1 saturated heterocycles. The van der Waals surface area contributed by atoms with Crippen LogP contribution in [0.15, 0.2) is 84.1 Å². The number of aryl methyl sites for hydroxylation is 1. The van der Waals surface area contributed by atoms with Gasteiger partial charge >= 0.3 is 12.4 Å². The van der Waals surface area contributed by atoms with Crippen LogP contribution in [0.1, 0.15) is 18.1 Å². The van der Waals surface area contributed by atoms with Crippen LogP contribution >= 0.6 is 11.8 Å². The number of hydrogen-bond acceptors (Lipinski definition) is 6. The van der Waals surface area contributed by atoms with Gasteiger partial charge in [-0.3, -0.25) is 9.69 Å². The molecule has 13 heteroatoms. The number of para-hydroxylation sites is 1. The number of benzene rings is 3. The number of rotatable bonds is 7. The number of urea groups is 1. The van der Waals surface area contributed by atoms with Crippen molar-refractivity contribution in [1.82, 2.24) is 20.1 Å². The number of hydrogen-bond donors (Lipinski definition) is 1. The summed E-state index contributed by atoms with van der Waals surface area (Å²) in [5.74, 6) is 0.178. The number of aromatic nitrogens is 3. The molecule has 0 atom stereocenters. The molecule has 1 aliphatic rings. The number of carbonyl (C=O) groups excluding carboxylic acids is 2. The van der Waals surface area contributed by atoms with E-state index in [1.165, 1.54) is 51.9 Å². The number of amides is 3. The number of amidine groups is 1. The number of aliphatic imine (C=N–C) groups is 1. The Balaban J connectivity index is 1.20. The van der Waals surface area contributed by atoms with Crippen molar-refractivity contribution in [1.29, 1.82) is 0 Å². The molecule has 0 radical (unpaired) electrons. The van der Waals surface area contributed by atoms with Crippen LogP contribution in [-0.4, -0.2) is 44.0 Å². The van der Waals surface area contributed by atoms with Crippen molar-refractivity contribution in [3.8, 4) is 22.8 Å². The van der Waals surface area contributed by atoms with Crippen molar-refractivity contribution < 1.29 is 27.5 Å². The van der Waals surface area contributed by atoms with Gasteiger partial charge in [0.1, 0.15) is 12.1 Å². The van der Waals surface area contributed by atoms with E-state index in [9.17, 15) is 22.8 Å². The fourth-order valence-corrected chi connectivity index (χ4v) is 4.96. The highest BCUT2D eigenvalue weighted by Gasteiger charge is 2.32. The van der Waals surface area contributed by atoms with E-state index in [1.54, 1.807) is 12.1 Å². The second kappa shape index (κ2) is 11.8. The maximum atomic E-state index is 12.6. The first-order valence-corrected chi connectivity index (χ1v) is 13.5. The lowest BCUT2D eigenvalue weighted by atomic mass is 10.1. The molecule has 41 heavy (non-hydrogen) atoms. The second-order valence-corrected chi connectivity index (χ2v) is 9.75. The van der Waals surface area contributed by atoms with Gasteiger partial charge in [-0.15, -0.1) is 18.3 Å². The highest BCUT2D eigenvalue weighted by atomic mass is 32.2. The fraction of sp³-hybridized carbons (Fsp3) is 0.179. The maximum Gasteiger partial charge on any atom is 0.573 e. The zero-order valence-corrected chi connectivity index (χ0v) is 22.4. The van der Waals surface area contributed by atoms with Crippen LogP contribution in [0, 0.1) is 0 Å². The van der Waals surface area contributed by atoms with Crippen molar-refractivity contribution in [2.45, 2.75) is 26.3 Å². The molecular weight excluding hydrogens is 557 g/mol. The molecule has 0 bridgehead atoms. The van der Waals surface area contributed by atoms with Crippen LogP contribution in [0.25, 0.3) is 17.1 Å². The fourth-order valence-electron chi connectivity index (χ4n) is 4.11. The number of nitrogens with one attached hydrogen (secondary N) is 1. The second-order valence-electron chi connectivity index (χ2n) is 8.80. The molecule has 1 N–H and O–H groups in total. The monoisotopic (exact) mass is 580 g/mol. The Morgan fingerprint density at radius 2 is 1.80 bits per heavy atom. The molecule has 1 aromatic heterocycles. The number of nitrogens with zero attached hydrogens (tertiary/aromatic N) is 5. The average molecular weight is 581 g/mol. The Morgan fingerprint density at radius 3 is 2.51 bits per heavy atom. The minimum absolute atomic E-state index is 0.124. The van der Waals surface area contributed by atoms with Crippen molar-refractivity contribution >= 4 is 34.6 Å². The van der Waals surface area contributed by atoms with Crippen LogP contribution in [0.5, 0.6) is 5.75 Å². The third-order valence-electron chi connectivity index (χ3n) is 6.06. The molecule has 1 fully saturated rings. The molecule has 5 rings (SSSR count). The molecule has 4 aromatic rings. The summed E-state index contributed by atoms with van der Waals surface area (Å²) in [6, 6.07) is 19.5. The van der Waals surface area contributed by atoms with Crippen LogP contribution < -0.4 is 15.0 Å². The quantitative estimate of drug-likeness (QED) is 0.299. The van der Waals surface area contributed by atoms with Crippen LogP contribution in [0.2, 0.25) is 0 Å². The highest BCUT2D eigenvalue weighted by molar-refractivity contribution is 8.15. The van der Waals surface area contributed by atoms with Crippen LogP contribution in [-0.2, 0) is 17.8 Å². The maximum absolute atomic E-state index is 12.6. The number of thioether (sulfide) groups is 1. The number of alkyl halides is 3. The lowest BCUT2D eigenvalue weighted by Gasteiger charge is -2.19. The predicted molar refractivity (Wildman–Crippen MR) is 149 cm³/mol. The minimum atomic E-state index is -4.76. The van der Waals surface area contributed by atoms with Gasteiger partial charge in [0.25, 0.3) is 0 Å². The topological polar surface area (TPSA) is 102 Å². The van der Waals surface area contributed by atoms with E-state index in [2.05, 4.69) is 25.1 Å². The number of halogens is 3. The molecule has 1 aliphatic heterocycles. The van der Waals surface area contributed by atoms with E-state index >= 15 is 0 Å². The smallest absolute Gasteiger partial charge is 0.406 e. The zero-order chi connectivity index (χ0) is 29.0. The first-order chi connectivity index (χ1) is 19.7. The summed E-state index contributed by atoms with van der Waals surface area (Å²) >= 11 is 1.22. The van der Waals surface area contributed by atoms with Crippen molar-refractivity contribution in [3.05, 3.63) is 90.3 Å². The molecular formula is C28H23F3N6O3S. The van der Waals surface area contributed by atoms with Crippen molar-refractivity contribution in [3.63, 3.8) is 0 Å². The first kappa shape index (κ1) is 27.9.